The lowest BCUT2D eigenvalue weighted by atomic mass is 9.50. The number of rotatable bonds is 10. The highest BCUT2D eigenvalue weighted by Gasteiger charge is 2.72. The smallest absolute Gasteiger partial charge is 0.352 e. The van der Waals surface area contributed by atoms with Crippen molar-refractivity contribution >= 4 is 17.8 Å². The zero-order valence-electron chi connectivity index (χ0n) is 24.4. The van der Waals surface area contributed by atoms with E-state index in [4.69, 9.17) is 24.7 Å². The summed E-state index contributed by atoms with van der Waals surface area (Å²) in [5.74, 6) is -0.0229. The quantitative estimate of drug-likeness (QED) is 0.351. The van der Waals surface area contributed by atoms with Gasteiger partial charge in [0.25, 0.3) is 0 Å². The van der Waals surface area contributed by atoms with Crippen LogP contribution in [0, 0.1) is 5.92 Å². The van der Waals surface area contributed by atoms with Crippen LogP contribution in [-0.4, -0.2) is 85.0 Å². The lowest BCUT2D eigenvalue weighted by molar-refractivity contribution is -0.175. The van der Waals surface area contributed by atoms with E-state index in [0.717, 1.165) is 17.7 Å². The van der Waals surface area contributed by atoms with Gasteiger partial charge in [-0.05, 0) is 63.4 Å². The van der Waals surface area contributed by atoms with Crippen LogP contribution in [0.25, 0.3) is 0 Å². The summed E-state index contributed by atoms with van der Waals surface area (Å²) < 4.78 is 23.2. The molecule has 224 valence electrons. The van der Waals surface area contributed by atoms with E-state index < -0.39 is 41.2 Å². The summed E-state index contributed by atoms with van der Waals surface area (Å²) in [5, 5.41) is 14.9. The first kappa shape index (κ1) is 29.3. The molecule has 2 bridgehead atoms. The van der Waals surface area contributed by atoms with Crippen molar-refractivity contribution in [1.29, 1.82) is 0 Å². The van der Waals surface area contributed by atoms with Gasteiger partial charge in [0.15, 0.2) is 23.7 Å². The molecule has 6 atom stereocenters. The number of nitrogens with one attached hydrogen (secondary N) is 1. The number of hydrogen-bond acceptors (Lipinski definition) is 10. The number of methoxy groups -OCH3 is 1. The average Bonchev–Trinajstić information content (AvgIpc) is 3.27. The van der Waals surface area contributed by atoms with Gasteiger partial charge in [-0.2, -0.15) is 0 Å². The van der Waals surface area contributed by atoms with E-state index in [1.165, 1.54) is 6.92 Å². The molecule has 0 radical (unpaired) electrons. The van der Waals surface area contributed by atoms with E-state index in [2.05, 4.69) is 10.2 Å². The molecule has 5 rings (SSSR count). The molecule has 1 aromatic carbocycles. The molecule has 4 N–H and O–H groups in total. The minimum atomic E-state index is -1.19. The Kier molecular flexibility index (Phi) is 7.82. The molecule has 41 heavy (non-hydrogen) atoms. The van der Waals surface area contributed by atoms with Crippen LogP contribution in [0.1, 0.15) is 57.6 Å². The zero-order valence-corrected chi connectivity index (χ0v) is 24.4. The van der Waals surface area contributed by atoms with E-state index >= 15 is 0 Å². The average molecular weight is 572 g/mol. The van der Waals surface area contributed by atoms with Crippen molar-refractivity contribution in [3.8, 4) is 11.5 Å². The maximum absolute atomic E-state index is 13.1. The van der Waals surface area contributed by atoms with E-state index in [1.54, 1.807) is 13.2 Å². The van der Waals surface area contributed by atoms with Gasteiger partial charge in [0, 0.05) is 24.6 Å². The molecule has 1 spiro atoms. The van der Waals surface area contributed by atoms with Crippen molar-refractivity contribution in [1.82, 2.24) is 10.2 Å². The SMILES string of the molecule is COc1ccc2c3c1O[C@H]1C(OC(=O)[C@H](C)OC(=O)CCNC(=O)[C@@H](N)CC(C)C)=CC[C@@]4(O)[C@H](C2)N(C)CC[C@]314. The first-order valence-corrected chi connectivity index (χ1v) is 14.4. The van der Waals surface area contributed by atoms with Crippen molar-refractivity contribution in [2.75, 3.05) is 27.2 Å². The maximum Gasteiger partial charge on any atom is 0.352 e. The summed E-state index contributed by atoms with van der Waals surface area (Å²) in [6, 6.07) is 3.13. The lowest BCUT2D eigenvalue weighted by Gasteiger charge is -2.61. The van der Waals surface area contributed by atoms with Gasteiger partial charge in [0.2, 0.25) is 5.91 Å². The molecule has 4 aliphatic rings. The Bertz CT molecular complexity index is 1260. The molecular formula is C30H41N3O8. The van der Waals surface area contributed by atoms with E-state index in [1.807, 2.05) is 33.0 Å². The summed E-state index contributed by atoms with van der Waals surface area (Å²) in [6.45, 7) is 6.18. The molecule has 0 saturated carbocycles. The molecule has 1 aromatic rings. The largest absolute Gasteiger partial charge is 0.493 e. The predicted octanol–water partition coefficient (Wildman–Crippen LogP) is 1.33. The number of ether oxygens (including phenoxy) is 4. The fraction of sp³-hybridized carbons (Fsp3) is 0.633. The number of nitrogens with zero attached hydrogens (tertiary/aromatic N) is 1. The number of nitrogens with two attached hydrogens (primary N) is 1. The van der Waals surface area contributed by atoms with Crippen LogP contribution < -0.4 is 20.5 Å². The molecule has 0 unspecified atom stereocenters. The number of likely N-dealkylation sites (tertiary alicyclic amines) is 1. The molecule has 11 nitrogen and oxygen atoms in total. The Balaban J connectivity index is 1.27. The van der Waals surface area contributed by atoms with Gasteiger partial charge in [-0.25, -0.2) is 4.79 Å². The molecule has 1 amide bonds. The Labute approximate surface area is 240 Å². The fourth-order valence-electron chi connectivity index (χ4n) is 7.12. The number of carbonyl (C=O) groups excluding carboxylic acids is 3. The summed E-state index contributed by atoms with van der Waals surface area (Å²) in [7, 11) is 3.60. The summed E-state index contributed by atoms with van der Waals surface area (Å²) in [4.78, 5) is 39.7. The van der Waals surface area contributed by atoms with Gasteiger partial charge in [0.1, 0.15) is 5.76 Å². The zero-order chi connectivity index (χ0) is 29.7. The Hall–Kier alpha value is -3.15. The molecule has 1 fully saturated rings. The lowest BCUT2D eigenvalue weighted by Crippen LogP contribution is -2.74. The van der Waals surface area contributed by atoms with Crippen molar-refractivity contribution in [2.24, 2.45) is 11.7 Å². The minimum Gasteiger partial charge on any atom is -0.493 e. The standard InChI is InChI=1S/C30H41N3O8/c1-16(2)14-19(31)27(35)32-12-9-23(34)39-17(3)28(36)40-21-8-10-30(37)22-15-18-6-7-20(38-5)25-24(18)29(30,26(21)41-25)11-13-33(22)4/h6-8,16-17,19,22,26,37H,9-15,31H2,1-5H3,(H,32,35)/t17-,19-,22-,26-,29-,30+/m0/s1. The first-order valence-electron chi connectivity index (χ1n) is 14.4. The topological polar surface area (TPSA) is 150 Å². The number of hydrogen-bond donors (Lipinski definition) is 3. The Morgan fingerprint density at radius 3 is 2.73 bits per heavy atom. The Morgan fingerprint density at radius 2 is 2.02 bits per heavy atom. The van der Waals surface area contributed by atoms with Gasteiger partial charge in [-0.3, -0.25) is 9.59 Å². The van der Waals surface area contributed by atoms with Crippen molar-refractivity contribution < 1.29 is 38.4 Å². The van der Waals surface area contributed by atoms with Gasteiger partial charge in [0.05, 0.1) is 30.6 Å². The Morgan fingerprint density at radius 1 is 1.27 bits per heavy atom. The van der Waals surface area contributed by atoms with E-state index in [9.17, 15) is 19.5 Å². The van der Waals surface area contributed by atoms with Gasteiger partial charge >= 0.3 is 11.9 Å². The number of esters is 2. The molecule has 2 aliphatic heterocycles. The third kappa shape index (κ3) is 4.77. The predicted molar refractivity (Wildman–Crippen MR) is 148 cm³/mol. The normalized spacial score (nSPS) is 29.0. The summed E-state index contributed by atoms with van der Waals surface area (Å²) in [5.41, 5.74) is 5.97. The molecule has 11 heteroatoms. The van der Waals surface area contributed by atoms with Crippen LogP contribution in [0.15, 0.2) is 24.0 Å². The number of likely N-dealkylation sites (N-methyl/N-ethyl adjacent to an activating group) is 1. The van der Waals surface area contributed by atoms with Crippen LogP contribution in [0.2, 0.25) is 0 Å². The maximum atomic E-state index is 13.1. The second kappa shape index (κ2) is 10.9. The number of carbonyl (C=O) groups is 3. The van der Waals surface area contributed by atoms with Crippen LogP contribution in [0.4, 0.5) is 0 Å². The third-order valence-corrected chi connectivity index (χ3v) is 9.11. The fourth-order valence-corrected chi connectivity index (χ4v) is 7.12. The van der Waals surface area contributed by atoms with Crippen molar-refractivity contribution in [3.05, 3.63) is 35.1 Å². The van der Waals surface area contributed by atoms with E-state index in [-0.39, 0.29) is 37.3 Å². The third-order valence-electron chi connectivity index (χ3n) is 9.11. The molecular weight excluding hydrogens is 530 g/mol. The summed E-state index contributed by atoms with van der Waals surface area (Å²) in [6.07, 6.45) is 1.79. The highest BCUT2D eigenvalue weighted by atomic mass is 16.6. The summed E-state index contributed by atoms with van der Waals surface area (Å²) >= 11 is 0. The second-order valence-electron chi connectivity index (χ2n) is 12.1. The molecule has 2 aliphatic carbocycles. The van der Waals surface area contributed by atoms with Crippen molar-refractivity contribution in [3.63, 3.8) is 0 Å². The minimum absolute atomic E-state index is 0.0471. The highest BCUT2D eigenvalue weighted by Crippen LogP contribution is 2.65. The first-order chi connectivity index (χ1) is 19.4. The van der Waals surface area contributed by atoms with Crippen LogP contribution in [0.5, 0.6) is 11.5 Å². The number of benzene rings is 1. The van der Waals surface area contributed by atoms with Crippen LogP contribution in [-0.2, 0) is 35.7 Å². The number of piperidine rings is 1. The van der Waals surface area contributed by atoms with Crippen molar-refractivity contribution in [2.45, 2.75) is 88.2 Å². The van der Waals surface area contributed by atoms with E-state index in [0.29, 0.717) is 36.5 Å². The van der Waals surface area contributed by atoms with Gasteiger partial charge < -0.3 is 40.0 Å². The van der Waals surface area contributed by atoms with Gasteiger partial charge in [-0.1, -0.05) is 19.9 Å². The highest BCUT2D eigenvalue weighted by molar-refractivity contribution is 5.83. The molecule has 2 heterocycles. The second-order valence-corrected chi connectivity index (χ2v) is 12.1. The monoisotopic (exact) mass is 571 g/mol. The van der Waals surface area contributed by atoms with Crippen LogP contribution in [0.3, 0.4) is 0 Å². The molecule has 0 aromatic heterocycles. The number of amides is 1. The molecule has 1 saturated heterocycles. The van der Waals surface area contributed by atoms with Crippen LogP contribution >= 0.6 is 0 Å². The van der Waals surface area contributed by atoms with Gasteiger partial charge in [-0.15, -0.1) is 0 Å². The number of aliphatic hydroxyl groups is 1.